The van der Waals surface area contributed by atoms with Crippen LogP contribution in [-0.2, 0) is 4.74 Å². The highest BCUT2D eigenvalue weighted by atomic mass is 16.5. The zero-order valence-corrected chi connectivity index (χ0v) is 18.5. The largest absolute Gasteiger partial charge is 0.489 e. The third kappa shape index (κ3) is 5.52. The van der Waals surface area contributed by atoms with E-state index in [0.29, 0.717) is 41.3 Å². The first-order chi connectivity index (χ1) is 16.0. The standard InChI is InChI=1S/C23H29N5O5/c1-2-32-22(30)15-6-7-20(25-12-15)28(16-8-10-24-11-9-16)13-17(29)14-33-19-5-3-4-18-21(19)27-23(31)26-18/h3-7,12,16-17,24,29H,2,8-11,13-14H2,1H3,(H2,26,27,31). The van der Waals surface area contributed by atoms with Gasteiger partial charge in [-0.1, -0.05) is 6.07 Å². The molecule has 3 heterocycles. The van der Waals surface area contributed by atoms with Gasteiger partial charge in [0.1, 0.15) is 29.8 Å². The first-order valence-corrected chi connectivity index (χ1v) is 11.2. The molecule has 4 N–H and O–H groups in total. The molecule has 4 rings (SSSR count). The van der Waals surface area contributed by atoms with Crippen LogP contribution in [0.4, 0.5) is 5.82 Å². The molecule has 1 saturated heterocycles. The zero-order chi connectivity index (χ0) is 23.2. The van der Waals surface area contributed by atoms with Crippen LogP contribution in [0.5, 0.6) is 5.75 Å². The van der Waals surface area contributed by atoms with Crippen LogP contribution in [0.2, 0.25) is 0 Å². The molecule has 33 heavy (non-hydrogen) atoms. The summed E-state index contributed by atoms with van der Waals surface area (Å²) in [5.41, 5.74) is 1.30. The lowest BCUT2D eigenvalue weighted by Gasteiger charge is -2.36. The molecule has 1 aliphatic rings. The summed E-state index contributed by atoms with van der Waals surface area (Å²) in [4.78, 5) is 35.5. The minimum atomic E-state index is -0.799. The first kappa shape index (κ1) is 22.8. The number of anilines is 1. The van der Waals surface area contributed by atoms with E-state index < -0.39 is 12.1 Å². The summed E-state index contributed by atoms with van der Waals surface area (Å²) in [6, 6.07) is 8.99. The van der Waals surface area contributed by atoms with Crippen molar-refractivity contribution in [3.8, 4) is 5.75 Å². The predicted octanol–water partition coefficient (Wildman–Crippen LogP) is 1.43. The second kappa shape index (κ2) is 10.5. The van der Waals surface area contributed by atoms with Gasteiger partial charge in [-0.05, 0) is 57.1 Å². The third-order valence-corrected chi connectivity index (χ3v) is 5.65. The monoisotopic (exact) mass is 455 g/mol. The highest BCUT2D eigenvalue weighted by Crippen LogP contribution is 2.23. The summed E-state index contributed by atoms with van der Waals surface area (Å²) in [5, 5.41) is 14.1. The van der Waals surface area contributed by atoms with Gasteiger partial charge in [0.2, 0.25) is 0 Å². The lowest BCUT2D eigenvalue weighted by atomic mass is 10.0. The number of carbonyl (C=O) groups excluding carboxylic acids is 1. The van der Waals surface area contributed by atoms with Crippen LogP contribution in [0.3, 0.4) is 0 Å². The number of ether oxygens (including phenoxy) is 2. The number of aromatic amines is 2. The molecule has 0 saturated carbocycles. The fourth-order valence-electron chi connectivity index (χ4n) is 4.06. The number of rotatable bonds is 9. The summed E-state index contributed by atoms with van der Waals surface area (Å²) in [7, 11) is 0. The molecule has 0 bridgehead atoms. The number of imidazole rings is 1. The number of esters is 1. The van der Waals surface area contributed by atoms with Gasteiger partial charge in [-0.15, -0.1) is 0 Å². The van der Waals surface area contributed by atoms with Crippen LogP contribution in [0, 0.1) is 0 Å². The summed E-state index contributed by atoms with van der Waals surface area (Å²) in [6.45, 7) is 4.20. The van der Waals surface area contributed by atoms with Gasteiger partial charge in [-0.25, -0.2) is 14.6 Å². The molecule has 1 aliphatic heterocycles. The third-order valence-electron chi connectivity index (χ3n) is 5.65. The molecule has 1 aromatic carbocycles. The Hall–Kier alpha value is -3.37. The average Bonchev–Trinajstić information content (AvgIpc) is 3.23. The Balaban J connectivity index is 1.46. The topological polar surface area (TPSA) is 133 Å². The molecule has 1 atom stereocenters. The molecule has 0 amide bonds. The van der Waals surface area contributed by atoms with Gasteiger partial charge in [0.05, 0.1) is 17.7 Å². The molecule has 3 aromatic rings. The second-order valence-electron chi connectivity index (χ2n) is 7.98. The van der Waals surface area contributed by atoms with E-state index in [0.717, 1.165) is 25.9 Å². The number of hydrogen-bond donors (Lipinski definition) is 4. The molecule has 0 aliphatic carbocycles. The Morgan fingerprint density at radius 3 is 2.79 bits per heavy atom. The van der Waals surface area contributed by atoms with Gasteiger partial charge in [-0.2, -0.15) is 0 Å². The zero-order valence-electron chi connectivity index (χ0n) is 18.5. The Morgan fingerprint density at radius 1 is 1.24 bits per heavy atom. The summed E-state index contributed by atoms with van der Waals surface area (Å²) < 4.78 is 10.9. The van der Waals surface area contributed by atoms with Crippen LogP contribution in [0.1, 0.15) is 30.1 Å². The van der Waals surface area contributed by atoms with Crippen LogP contribution in [-0.4, -0.2) is 71.0 Å². The molecule has 1 unspecified atom stereocenters. The minimum Gasteiger partial charge on any atom is -0.489 e. The van der Waals surface area contributed by atoms with E-state index in [-0.39, 0.29) is 18.3 Å². The minimum absolute atomic E-state index is 0.0503. The Labute approximate surface area is 190 Å². The molecule has 0 radical (unpaired) electrons. The van der Waals surface area contributed by atoms with Crippen molar-refractivity contribution in [3.63, 3.8) is 0 Å². The number of fused-ring (bicyclic) bond motifs is 1. The number of aliphatic hydroxyl groups is 1. The number of piperidine rings is 1. The molecular weight excluding hydrogens is 426 g/mol. The van der Waals surface area contributed by atoms with E-state index in [2.05, 4.69) is 25.2 Å². The maximum atomic E-state index is 12.0. The lowest BCUT2D eigenvalue weighted by molar-refractivity contribution is 0.0526. The van der Waals surface area contributed by atoms with E-state index in [1.54, 1.807) is 37.3 Å². The van der Waals surface area contributed by atoms with Crippen molar-refractivity contribution in [2.45, 2.75) is 31.9 Å². The molecular formula is C23H29N5O5. The van der Waals surface area contributed by atoms with Crippen molar-refractivity contribution >= 4 is 22.8 Å². The van der Waals surface area contributed by atoms with Crippen molar-refractivity contribution in [2.24, 2.45) is 0 Å². The Bertz CT molecular complexity index is 1120. The van der Waals surface area contributed by atoms with Crippen molar-refractivity contribution in [1.29, 1.82) is 0 Å². The maximum Gasteiger partial charge on any atom is 0.339 e. The van der Waals surface area contributed by atoms with Crippen molar-refractivity contribution in [1.82, 2.24) is 20.3 Å². The van der Waals surface area contributed by atoms with E-state index in [1.165, 1.54) is 6.20 Å². The fraction of sp³-hybridized carbons (Fsp3) is 0.435. The molecule has 1 fully saturated rings. The van der Waals surface area contributed by atoms with Gasteiger partial charge in [0.25, 0.3) is 0 Å². The van der Waals surface area contributed by atoms with Crippen molar-refractivity contribution < 1.29 is 19.4 Å². The highest BCUT2D eigenvalue weighted by Gasteiger charge is 2.25. The first-order valence-electron chi connectivity index (χ1n) is 11.2. The number of benzene rings is 1. The van der Waals surface area contributed by atoms with Gasteiger partial charge in [0, 0.05) is 18.8 Å². The van der Waals surface area contributed by atoms with Gasteiger partial charge in [0.15, 0.2) is 0 Å². The summed E-state index contributed by atoms with van der Waals surface area (Å²) in [6.07, 6.45) is 2.54. The SMILES string of the molecule is CCOC(=O)c1ccc(N(CC(O)COc2cccc3[nH]c(=O)[nH]c23)C2CCNCC2)nc1. The van der Waals surface area contributed by atoms with Crippen molar-refractivity contribution in [3.05, 3.63) is 52.6 Å². The summed E-state index contributed by atoms with van der Waals surface area (Å²) in [5.74, 6) is 0.775. The van der Waals surface area contributed by atoms with Crippen LogP contribution < -0.4 is 20.6 Å². The van der Waals surface area contributed by atoms with Crippen molar-refractivity contribution in [2.75, 3.05) is 37.7 Å². The van der Waals surface area contributed by atoms with Crippen LogP contribution in [0.15, 0.2) is 41.3 Å². The van der Waals surface area contributed by atoms with E-state index >= 15 is 0 Å². The molecule has 2 aromatic heterocycles. The van der Waals surface area contributed by atoms with E-state index in [1.807, 2.05) is 0 Å². The second-order valence-corrected chi connectivity index (χ2v) is 7.98. The average molecular weight is 456 g/mol. The Kier molecular flexibility index (Phi) is 7.26. The van der Waals surface area contributed by atoms with E-state index in [4.69, 9.17) is 9.47 Å². The number of aliphatic hydroxyl groups excluding tert-OH is 1. The number of para-hydroxylation sites is 1. The summed E-state index contributed by atoms with van der Waals surface area (Å²) >= 11 is 0. The fourth-order valence-corrected chi connectivity index (χ4v) is 4.06. The van der Waals surface area contributed by atoms with E-state index in [9.17, 15) is 14.7 Å². The number of nitrogens with zero attached hydrogens (tertiary/aromatic N) is 2. The molecule has 176 valence electrons. The number of aromatic nitrogens is 3. The molecule has 0 spiro atoms. The van der Waals surface area contributed by atoms with Gasteiger partial charge < -0.3 is 34.8 Å². The van der Waals surface area contributed by atoms with Crippen LogP contribution >= 0.6 is 0 Å². The van der Waals surface area contributed by atoms with Gasteiger partial charge >= 0.3 is 11.7 Å². The van der Waals surface area contributed by atoms with Crippen LogP contribution in [0.25, 0.3) is 11.0 Å². The maximum absolute atomic E-state index is 12.0. The number of carbonyl (C=O) groups is 1. The number of hydrogen-bond acceptors (Lipinski definition) is 8. The smallest absolute Gasteiger partial charge is 0.339 e. The number of H-pyrrole nitrogens is 2. The number of nitrogens with one attached hydrogen (secondary N) is 3. The van der Waals surface area contributed by atoms with Gasteiger partial charge in [-0.3, -0.25) is 0 Å². The number of pyridine rings is 1. The molecule has 10 heteroatoms. The molecule has 10 nitrogen and oxygen atoms in total. The Morgan fingerprint density at radius 2 is 2.06 bits per heavy atom. The highest BCUT2D eigenvalue weighted by molar-refractivity contribution is 5.89. The normalized spacial score (nSPS) is 15.3. The predicted molar refractivity (Wildman–Crippen MR) is 124 cm³/mol. The lowest BCUT2D eigenvalue weighted by Crippen LogP contribution is -2.47. The quantitative estimate of drug-likeness (QED) is 0.356.